The van der Waals surface area contributed by atoms with Crippen LogP contribution in [-0.4, -0.2) is 31.3 Å². The summed E-state index contributed by atoms with van der Waals surface area (Å²) in [4.78, 5) is 4.52. The van der Waals surface area contributed by atoms with Crippen molar-refractivity contribution in [3.8, 4) is 11.5 Å². The van der Waals surface area contributed by atoms with Crippen molar-refractivity contribution >= 4 is 41.5 Å². The second-order valence-corrected chi connectivity index (χ2v) is 5.91. The van der Waals surface area contributed by atoms with Crippen molar-refractivity contribution < 1.29 is 9.84 Å². The number of guanidine groups is 1. The first-order valence-corrected chi connectivity index (χ1v) is 8.63. The highest BCUT2D eigenvalue weighted by atomic mass is 127. The maximum Gasteiger partial charge on any atom is 0.191 e. The van der Waals surface area contributed by atoms with E-state index in [2.05, 4.69) is 15.6 Å². The molecule has 0 aliphatic carbocycles. The minimum atomic E-state index is 0. The van der Waals surface area contributed by atoms with Gasteiger partial charge in [-0.05, 0) is 37.1 Å². The first kappa shape index (κ1) is 22.4. The van der Waals surface area contributed by atoms with E-state index in [9.17, 15) is 5.11 Å². The maximum absolute atomic E-state index is 10.1. The van der Waals surface area contributed by atoms with E-state index in [1.54, 1.807) is 6.07 Å². The number of rotatable bonds is 7. The number of phenolic OH excluding ortho intramolecular Hbond substituents is 1. The van der Waals surface area contributed by atoms with E-state index in [-0.39, 0.29) is 29.7 Å². The van der Waals surface area contributed by atoms with Gasteiger partial charge in [-0.25, -0.2) is 4.99 Å². The summed E-state index contributed by atoms with van der Waals surface area (Å²) in [5, 5.41) is 17.4. The topological polar surface area (TPSA) is 65.9 Å². The van der Waals surface area contributed by atoms with Crippen LogP contribution in [-0.2, 0) is 13.0 Å². The van der Waals surface area contributed by atoms with Gasteiger partial charge in [0.25, 0.3) is 0 Å². The number of aromatic hydroxyl groups is 1. The van der Waals surface area contributed by atoms with Gasteiger partial charge in [-0.2, -0.15) is 0 Å². The van der Waals surface area contributed by atoms with Crippen LogP contribution in [0.15, 0.2) is 47.5 Å². The van der Waals surface area contributed by atoms with Gasteiger partial charge >= 0.3 is 0 Å². The van der Waals surface area contributed by atoms with Crippen molar-refractivity contribution in [1.29, 1.82) is 0 Å². The summed E-state index contributed by atoms with van der Waals surface area (Å²) in [5.74, 6) is 1.28. The molecule has 0 saturated carbocycles. The van der Waals surface area contributed by atoms with E-state index in [4.69, 9.17) is 16.3 Å². The Balaban J connectivity index is 0.00000338. The Bertz CT molecular complexity index is 726. The van der Waals surface area contributed by atoms with Crippen molar-refractivity contribution in [3.63, 3.8) is 0 Å². The summed E-state index contributed by atoms with van der Waals surface area (Å²) in [7, 11) is 1.53. The predicted molar refractivity (Wildman–Crippen MR) is 118 cm³/mol. The number of methoxy groups -OCH3 is 1. The summed E-state index contributed by atoms with van der Waals surface area (Å²) in [6.45, 7) is 3.86. The smallest absolute Gasteiger partial charge is 0.191 e. The van der Waals surface area contributed by atoms with Gasteiger partial charge in [-0.3, -0.25) is 0 Å². The number of hydrogen-bond donors (Lipinski definition) is 3. The number of halogens is 2. The number of hydrogen-bond acceptors (Lipinski definition) is 3. The third-order valence-corrected chi connectivity index (χ3v) is 3.88. The SMILES string of the molecule is CCNC(=NCc1cccc(OC)c1O)NCCc1cccc(Cl)c1.I. The van der Waals surface area contributed by atoms with Gasteiger partial charge in [-0.1, -0.05) is 35.9 Å². The molecule has 0 aromatic heterocycles. The first-order chi connectivity index (χ1) is 12.1. The average Bonchev–Trinajstić information content (AvgIpc) is 2.61. The second kappa shape index (κ2) is 11.9. The molecule has 3 N–H and O–H groups in total. The molecule has 0 heterocycles. The molecule has 0 unspecified atom stereocenters. The molecule has 0 radical (unpaired) electrons. The zero-order valence-electron chi connectivity index (χ0n) is 15.0. The van der Waals surface area contributed by atoms with E-state index in [0.29, 0.717) is 23.8 Å². The van der Waals surface area contributed by atoms with Crippen molar-refractivity contribution in [1.82, 2.24) is 10.6 Å². The Morgan fingerprint density at radius 1 is 1.19 bits per heavy atom. The van der Waals surface area contributed by atoms with E-state index < -0.39 is 0 Å². The van der Waals surface area contributed by atoms with Crippen LogP contribution in [0.1, 0.15) is 18.1 Å². The Kier molecular flexibility index (Phi) is 10.2. The Morgan fingerprint density at radius 3 is 2.65 bits per heavy atom. The number of benzene rings is 2. The van der Waals surface area contributed by atoms with Crippen molar-refractivity contribution in [3.05, 3.63) is 58.6 Å². The van der Waals surface area contributed by atoms with Crippen LogP contribution < -0.4 is 15.4 Å². The number of ether oxygens (including phenoxy) is 1. The molecule has 0 amide bonds. The van der Waals surface area contributed by atoms with Crippen LogP contribution in [0.3, 0.4) is 0 Å². The Morgan fingerprint density at radius 2 is 1.96 bits per heavy atom. The standard InChI is InChI=1S/C19H24ClN3O2.HI/c1-3-21-19(22-11-10-14-6-4-8-16(20)12-14)23-13-15-7-5-9-17(25-2)18(15)24;/h4-9,12,24H,3,10-11,13H2,1-2H3,(H2,21,22,23);1H. The van der Waals surface area contributed by atoms with Gasteiger partial charge in [-0.15, -0.1) is 24.0 Å². The van der Waals surface area contributed by atoms with Gasteiger partial charge in [0, 0.05) is 23.7 Å². The molecule has 0 aliphatic heterocycles. The molecule has 0 fully saturated rings. The lowest BCUT2D eigenvalue weighted by Crippen LogP contribution is -2.38. The fraction of sp³-hybridized carbons (Fsp3) is 0.316. The zero-order valence-corrected chi connectivity index (χ0v) is 18.0. The van der Waals surface area contributed by atoms with Gasteiger partial charge in [0.05, 0.1) is 13.7 Å². The fourth-order valence-corrected chi connectivity index (χ4v) is 2.60. The summed E-state index contributed by atoms with van der Waals surface area (Å²) < 4.78 is 5.12. The highest BCUT2D eigenvalue weighted by Gasteiger charge is 2.07. The largest absolute Gasteiger partial charge is 0.504 e. The lowest BCUT2D eigenvalue weighted by Gasteiger charge is -2.12. The lowest BCUT2D eigenvalue weighted by molar-refractivity contribution is 0.370. The van der Waals surface area contributed by atoms with Crippen molar-refractivity contribution in [2.45, 2.75) is 19.9 Å². The molecule has 26 heavy (non-hydrogen) atoms. The van der Waals surface area contributed by atoms with Crippen LogP contribution in [0.5, 0.6) is 11.5 Å². The number of phenols is 1. The van der Waals surface area contributed by atoms with Crippen molar-refractivity contribution in [2.24, 2.45) is 4.99 Å². The maximum atomic E-state index is 10.1. The predicted octanol–water partition coefficient (Wildman–Crippen LogP) is 3.97. The van der Waals surface area contributed by atoms with E-state index in [0.717, 1.165) is 24.5 Å². The van der Waals surface area contributed by atoms with Crippen molar-refractivity contribution in [2.75, 3.05) is 20.2 Å². The third-order valence-electron chi connectivity index (χ3n) is 3.65. The minimum Gasteiger partial charge on any atom is -0.504 e. The number of aliphatic imine (C=N–C) groups is 1. The molecule has 0 bridgehead atoms. The second-order valence-electron chi connectivity index (χ2n) is 5.47. The molecule has 0 spiro atoms. The monoisotopic (exact) mass is 489 g/mol. The molecule has 5 nitrogen and oxygen atoms in total. The number of nitrogens with one attached hydrogen (secondary N) is 2. The quantitative estimate of drug-likeness (QED) is 0.313. The molecular weight excluding hydrogens is 465 g/mol. The highest BCUT2D eigenvalue weighted by Crippen LogP contribution is 2.29. The number of nitrogens with zero attached hydrogens (tertiary/aromatic N) is 1. The summed E-state index contributed by atoms with van der Waals surface area (Å²) in [5.41, 5.74) is 1.88. The first-order valence-electron chi connectivity index (χ1n) is 8.25. The van der Waals surface area contributed by atoms with E-state index in [1.165, 1.54) is 12.7 Å². The molecular formula is C19H25ClIN3O2. The molecule has 2 rings (SSSR count). The summed E-state index contributed by atoms with van der Waals surface area (Å²) in [6, 6.07) is 13.2. The van der Waals surface area contributed by atoms with Crippen LogP contribution in [0.2, 0.25) is 5.02 Å². The number of para-hydroxylation sites is 1. The Labute approximate surface area is 176 Å². The summed E-state index contributed by atoms with van der Waals surface area (Å²) in [6.07, 6.45) is 0.843. The van der Waals surface area contributed by atoms with Crippen LogP contribution >= 0.6 is 35.6 Å². The van der Waals surface area contributed by atoms with E-state index >= 15 is 0 Å². The average molecular weight is 490 g/mol. The lowest BCUT2D eigenvalue weighted by atomic mass is 10.1. The molecule has 142 valence electrons. The van der Waals surface area contributed by atoms with E-state index in [1.807, 2.05) is 43.3 Å². The third kappa shape index (κ3) is 6.92. The molecule has 0 saturated heterocycles. The molecule has 2 aromatic rings. The van der Waals surface area contributed by atoms with Crippen LogP contribution in [0.4, 0.5) is 0 Å². The Hall–Kier alpha value is -1.67. The molecule has 7 heteroatoms. The molecule has 0 atom stereocenters. The van der Waals surface area contributed by atoms with Crippen LogP contribution in [0, 0.1) is 0 Å². The fourth-order valence-electron chi connectivity index (χ4n) is 2.38. The minimum absolute atomic E-state index is 0. The van der Waals surface area contributed by atoms with Gasteiger partial charge < -0.3 is 20.5 Å². The zero-order chi connectivity index (χ0) is 18.1. The van der Waals surface area contributed by atoms with Crippen LogP contribution in [0.25, 0.3) is 0 Å². The molecule has 2 aromatic carbocycles. The summed E-state index contributed by atoms with van der Waals surface area (Å²) >= 11 is 6.00. The van der Waals surface area contributed by atoms with Gasteiger partial charge in [0.15, 0.2) is 17.5 Å². The van der Waals surface area contributed by atoms with Gasteiger partial charge in [0.1, 0.15) is 0 Å². The normalized spacial score (nSPS) is 10.8. The van der Waals surface area contributed by atoms with Gasteiger partial charge in [0.2, 0.25) is 0 Å². The molecule has 0 aliphatic rings. The highest BCUT2D eigenvalue weighted by molar-refractivity contribution is 14.0.